The molecule has 0 fully saturated rings. The number of hydrogen-bond donors (Lipinski definition) is 3. The van der Waals surface area contributed by atoms with Crippen LogP contribution < -0.4 is 11.1 Å². The molecule has 4 N–H and O–H groups in total. The van der Waals surface area contributed by atoms with Crippen molar-refractivity contribution in [3.63, 3.8) is 0 Å². The van der Waals surface area contributed by atoms with E-state index >= 15 is 0 Å². The second-order valence-corrected chi connectivity index (χ2v) is 3.27. The molecule has 0 bridgehead atoms. The molecular formula is C10H10N6O. The molecule has 7 nitrogen and oxygen atoms in total. The SMILES string of the molecule is CC(=O)NCC#Cc1[nH]nc2ncnc(N)c12. The normalized spacial score (nSPS) is 9.71. The maximum absolute atomic E-state index is 10.6. The van der Waals surface area contributed by atoms with Crippen molar-refractivity contribution in [1.82, 2.24) is 25.5 Å². The fourth-order valence-corrected chi connectivity index (χ4v) is 1.27. The molecule has 0 aliphatic carbocycles. The van der Waals surface area contributed by atoms with E-state index in [0.717, 1.165) is 0 Å². The highest BCUT2D eigenvalue weighted by atomic mass is 16.1. The van der Waals surface area contributed by atoms with Crippen molar-refractivity contribution in [2.24, 2.45) is 0 Å². The number of aromatic amines is 1. The highest BCUT2D eigenvalue weighted by Crippen LogP contribution is 2.17. The topological polar surface area (TPSA) is 110 Å². The molecule has 86 valence electrons. The summed E-state index contributed by atoms with van der Waals surface area (Å²) in [4.78, 5) is 18.4. The minimum Gasteiger partial charge on any atom is -0.383 e. The van der Waals surface area contributed by atoms with Crippen LogP contribution in [-0.2, 0) is 4.79 Å². The fraction of sp³-hybridized carbons (Fsp3) is 0.200. The summed E-state index contributed by atoms with van der Waals surface area (Å²) < 4.78 is 0. The number of nitrogens with zero attached hydrogens (tertiary/aromatic N) is 3. The molecule has 0 saturated carbocycles. The van der Waals surface area contributed by atoms with Gasteiger partial charge in [0.15, 0.2) is 5.65 Å². The average molecular weight is 230 g/mol. The molecule has 17 heavy (non-hydrogen) atoms. The Kier molecular flexibility index (Phi) is 2.87. The number of hydrogen-bond acceptors (Lipinski definition) is 5. The minimum absolute atomic E-state index is 0.128. The van der Waals surface area contributed by atoms with Crippen LogP contribution in [0.3, 0.4) is 0 Å². The average Bonchev–Trinajstić information content (AvgIpc) is 2.69. The van der Waals surface area contributed by atoms with Gasteiger partial charge in [-0.05, 0) is 5.92 Å². The summed E-state index contributed by atoms with van der Waals surface area (Å²) in [5.74, 6) is 5.79. The van der Waals surface area contributed by atoms with Gasteiger partial charge in [0.2, 0.25) is 5.91 Å². The van der Waals surface area contributed by atoms with Crippen LogP contribution in [0.5, 0.6) is 0 Å². The first kappa shape index (κ1) is 10.9. The molecule has 2 aromatic heterocycles. The van der Waals surface area contributed by atoms with Gasteiger partial charge in [-0.25, -0.2) is 9.97 Å². The van der Waals surface area contributed by atoms with Crippen molar-refractivity contribution in [3.05, 3.63) is 12.0 Å². The van der Waals surface area contributed by atoms with E-state index in [2.05, 4.69) is 37.3 Å². The van der Waals surface area contributed by atoms with E-state index < -0.39 is 0 Å². The molecule has 1 amide bonds. The molecule has 0 aromatic carbocycles. The summed E-state index contributed by atoms with van der Waals surface area (Å²) >= 11 is 0. The lowest BCUT2D eigenvalue weighted by molar-refractivity contribution is -0.118. The lowest BCUT2D eigenvalue weighted by Gasteiger charge is -1.93. The Morgan fingerprint density at radius 3 is 3.18 bits per heavy atom. The van der Waals surface area contributed by atoms with Gasteiger partial charge in [-0.3, -0.25) is 9.89 Å². The highest BCUT2D eigenvalue weighted by molar-refractivity contribution is 5.89. The zero-order valence-electron chi connectivity index (χ0n) is 9.11. The number of nitrogens with one attached hydrogen (secondary N) is 2. The van der Waals surface area contributed by atoms with E-state index in [1.165, 1.54) is 13.3 Å². The van der Waals surface area contributed by atoms with Crippen LogP contribution in [0.25, 0.3) is 11.0 Å². The number of amides is 1. The molecule has 2 aromatic rings. The van der Waals surface area contributed by atoms with Gasteiger partial charge in [0, 0.05) is 6.92 Å². The van der Waals surface area contributed by atoms with Gasteiger partial charge in [-0.2, -0.15) is 5.10 Å². The lowest BCUT2D eigenvalue weighted by Crippen LogP contribution is -2.19. The molecule has 2 rings (SSSR count). The number of aromatic nitrogens is 4. The third-order valence-corrected chi connectivity index (χ3v) is 2.02. The summed E-state index contributed by atoms with van der Waals surface area (Å²) in [5.41, 5.74) is 6.72. The van der Waals surface area contributed by atoms with Crippen molar-refractivity contribution < 1.29 is 4.79 Å². The Bertz CT molecular complexity index is 620. The zero-order valence-corrected chi connectivity index (χ0v) is 9.11. The molecule has 0 spiro atoms. The van der Waals surface area contributed by atoms with Crippen molar-refractivity contribution in [1.29, 1.82) is 0 Å². The van der Waals surface area contributed by atoms with Crippen molar-refractivity contribution in [2.75, 3.05) is 12.3 Å². The maximum Gasteiger partial charge on any atom is 0.217 e. The van der Waals surface area contributed by atoms with Crippen LogP contribution in [0.1, 0.15) is 12.6 Å². The Morgan fingerprint density at radius 2 is 2.41 bits per heavy atom. The largest absolute Gasteiger partial charge is 0.383 e. The van der Waals surface area contributed by atoms with Gasteiger partial charge >= 0.3 is 0 Å². The standard InChI is InChI=1S/C10H10N6O/c1-6(17)12-4-2-3-7-8-9(11)13-5-14-10(8)16-15-7/h5H,4H2,1H3,(H,12,17)(H3,11,13,14,15,16). The van der Waals surface area contributed by atoms with E-state index in [-0.39, 0.29) is 12.5 Å². The van der Waals surface area contributed by atoms with E-state index in [9.17, 15) is 4.79 Å². The third kappa shape index (κ3) is 2.31. The van der Waals surface area contributed by atoms with Crippen LogP contribution in [0.4, 0.5) is 5.82 Å². The van der Waals surface area contributed by atoms with Gasteiger partial charge in [-0.15, -0.1) is 0 Å². The first-order valence-electron chi connectivity index (χ1n) is 4.86. The summed E-state index contributed by atoms with van der Waals surface area (Å²) in [6, 6.07) is 0. The van der Waals surface area contributed by atoms with E-state index in [4.69, 9.17) is 5.73 Å². The number of nitrogens with two attached hydrogens (primary N) is 1. The fourth-order valence-electron chi connectivity index (χ4n) is 1.27. The number of carbonyl (C=O) groups is 1. The lowest BCUT2D eigenvalue weighted by atomic mass is 10.3. The Balaban J connectivity index is 2.27. The zero-order chi connectivity index (χ0) is 12.3. The van der Waals surface area contributed by atoms with Gasteiger partial charge in [0.1, 0.15) is 17.8 Å². The monoisotopic (exact) mass is 230 g/mol. The molecule has 7 heteroatoms. The molecule has 2 heterocycles. The van der Waals surface area contributed by atoms with Gasteiger partial charge < -0.3 is 11.1 Å². The van der Waals surface area contributed by atoms with Crippen molar-refractivity contribution in [3.8, 4) is 11.8 Å². The highest BCUT2D eigenvalue weighted by Gasteiger charge is 2.07. The molecule has 0 atom stereocenters. The predicted molar refractivity (Wildman–Crippen MR) is 61.7 cm³/mol. The van der Waals surface area contributed by atoms with Crippen LogP contribution in [0.15, 0.2) is 6.33 Å². The number of rotatable bonds is 1. The van der Waals surface area contributed by atoms with Gasteiger partial charge in [0.25, 0.3) is 0 Å². The number of anilines is 1. The Morgan fingerprint density at radius 1 is 1.59 bits per heavy atom. The van der Waals surface area contributed by atoms with Crippen LogP contribution in [0.2, 0.25) is 0 Å². The number of nitrogen functional groups attached to an aromatic ring is 1. The van der Waals surface area contributed by atoms with E-state index in [0.29, 0.717) is 22.5 Å². The van der Waals surface area contributed by atoms with Gasteiger partial charge in [0.05, 0.1) is 11.9 Å². The smallest absolute Gasteiger partial charge is 0.217 e. The first-order chi connectivity index (χ1) is 8.18. The minimum atomic E-state index is -0.128. The quantitative estimate of drug-likeness (QED) is 0.568. The maximum atomic E-state index is 10.6. The predicted octanol–water partition coefficient (Wildman–Crippen LogP) is -0.577. The Labute approximate surface area is 96.8 Å². The summed E-state index contributed by atoms with van der Waals surface area (Å²) in [6.45, 7) is 1.70. The summed E-state index contributed by atoms with van der Waals surface area (Å²) in [5, 5.41) is 9.83. The van der Waals surface area contributed by atoms with Crippen molar-refractivity contribution >= 4 is 22.8 Å². The Hall–Kier alpha value is -2.62. The molecule has 0 aliphatic heterocycles. The molecule has 0 aliphatic rings. The summed E-state index contributed by atoms with van der Waals surface area (Å²) in [6.07, 6.45) is 1.34. The van der Waals surface area contributed by atoms with Crippen molar-refractivity contribution in [2.45, 2.75) is 6.92 Å². The number of H-pyrrole nitrogens is 1. The molecule has 0 saturated heterocycles. The van der Waals surface area contributed by atoms with E-state index in [1.54, 1.807) is 0 Å². The summed E-state index contributed by atoms with van der Waals surface area (Å²) in [7, 11) is 0. The van der Waals surface area contributed by atoms with Crippen LogP contribution >= 0.6 is 0 Å². The first-order valence-corrected chi connectivity index (χ1v) is 4.86. The van der Waals surface area contributed by atoms with Crippen LogP contribution in [-0.4, -0.2) is 32.6 Å². The van der Waals surface area contributed by atoms with E-state index in [1.807, 2.05) is 0 Å². The van der Waals surface area contributed by atoms with Crippen LogP contribution in [0, 0.1) is 11.8 Å². The molecule has 0 radical (unpaired) electrons. The third-order valence-electron chi connectivity index (χ3n) is 2.02. The number of fused-ring (bicyclic) bond motifs is 1. The second kappa shape index (κ2) is 4.49. The molecular weight excluding hydrogens is 220 g/mol. The molecule has 0 unspecified atom stereocenters. The van der Waals surface area contributed by atoms with Gasteiger partial charge in [-0.1, -0.05) is 5.92 Å². The second-order valence-electron chi connectivity index (χ2n) is 3.27. The number of carbonyl (C=O) groups excluding carboxylic acids is 1.